The van der Waals surface area contributed by atoms with Gasteiger partial charge in [-0.25, -0.2) is 13.8 Å². The van der Waals surface area contributed by atoms with Gasteiger partial charge in [0.1, 0.15) is 17.5 Å². The third-order valence-corrected chi connectivity index (χ3v) is 3.94. The lowest BCUT2D eigenvalue weighted by atomic mass is 10.1. The quantitative estimate of drug-likeness (QED) is 0.731. The number of hydrogen-bond donors (Lipinski definition) is 1. The van der Waals surface area contributed by atoms with E-state index >= 15 is 0 Å². The van der Waals surface area contributed by atoms with Gasteiger partial charge in [-0.3, -0.25) is 0 Å². The van der Waals surface area contributed by atoms with Crippen LogP contribution in [0.5, 0.6) is 0 Å². The highest BCUT2D eigenvalue weighted by atomic mass is 19.1. The maximum atomic E-state index is 13.1. The van der Waals surface area contributed by atoms with E-state index in [1.807, 2.05) is 0 Å². The molecule has 0 atom stereocenters. The fourth-order valence-electron chi connectivity index (χ4n) is 2.58. The van der Waals surface area contributed by atoms with Crippen LogP contribution in [0.3, 0.4) is 0 Å². The summed E-state index contributed by atoms with van der Waals surface area (Å²) in [4.78, 5) is 8.06. The lowest BCUT2D eigenvalue weighted by Crippen LogP contribution is -1.85. The van der Waals surface area contributed by atoms with E-state index in [1.165, 1.54) is 24.3 Å². The van der Waals surface area contributed by atoms with Gasteiger partial charge in [-0.2, -0.15) is 0 Å². The molecule has 1 fully saturated rings. The Morgan fingerprint density at radius 2 is 1.36 bits per heavy atom. The maximum Gasteiger partial charge on any atom is 0.123 e. The fraction of sp³-hybridized carbons (Fsp3) is 0.167. The molecule has 4 heteroatoms. The van der Waals surface area contributed by atoms with Crippen LogP contribution in [-0.2, 0) is 0 Å². The lowest BCUT2D eigenvalue weighted by Gasteiger charge is -2.03. The topological polar surface area (TPSA) is 28.7 Å². The second-order valence-electron chi connectivity index (χ2n) is 5.63. The summed E-state index contributed by atoms with van der Waals surface area (Å²) in [7, 11) is 0. The summed E-state index contributed by atoms with van der Waals surface area (Å²) in [6.45, 7) is 0. The largest absolute Gasteiger partial charge is 0.341 e. The number of hydrogen-bond acceptors (Lipinski definition) is 1. The number of benzene rings is 2. The molecule has 1 heterocycles. The monoisotopic (exact) mass is 296 g/mol. The normalized spacial score (nSPS) is 14.3. The first-order valence-corrected chi connectivity index (χ1v) is 7.32. The molecule has 0 amide bonds. The summed E-state index contributed by atoms with van der Waals surface area (Å²) in [5.41, 5.74) is 3.37. The zero-order chi connectivity index (χ0) is 15.1. The van der Waals surface area contributed by atoms with Gasteiger partial charge in [0.2, 0.25) is 0 Å². The van der Waals surface area contributed by atoms with Gasteiger partial charge in [0, 0.05) is 17.0 Å². The summed E-state index contributed by atoms with van der Waals surface area (Å²) < 4.78 is 26.3. The Bertz CT molecular complexity index is 737. The Labute approximate surface area is 126 Å². The molecule has 1 saturated carbocycles. The molecule has 1 aliphatic carbocycles. The number of halogens is 2. The van der Waals surface area contributed by atoms with E-state index in [-0.39, 0.29) is 11.6 Å². The first kappa shape index (κ1) is 13.2. The zero-order valence-electron chi connectivity index (χ0n) is 11.8. The molecule has 0 bridgehead atoms. The highest BCUT2D eigenvalue weighted by Crippen LogP contribution is 2.41. The van der Waals surface area contributed by atoms with Crippen molar-refractivity contribution < 1.29 is 8.78 Å². The molecule has 2 nitrogen and oxygen atoms in total. The number of aromatic amines is 1. The fourth-order valence-corrected chi connectivity index (χ4v) is 2.58. The van der Waals surface area contributed by atoms with Crippen molar-refractivity contribution in [3.05, 3.63) is 66.0 Å². The summed E-state index contributed by atoms with van der Waals surface area (Å²) in [5, 5.41) is 0. The molecule has 0 aliphatic heterocycles. The van der Waals surface area contributed by atoms with Crippen LogP contribution in [0, 0.1) is 11.6 Å². The van der Waals surface area contributed by atoms with Crippen molar-refractivity contribution in [1.82, 2.24) is 9.97 Å². The minimum atomic E-state index is -0.273. The minimum absolute atomic E-state index is 0.269. The number of nitrogens with zero attached hydrogens (tertiary/aromatic N) is 1. The molecular formula is C18H14F2N2. The molecule has 22 heavy (non-hydrogen) atoms. The van der Waals surface area contributed by atoms with Crippen LogP contribution in [0.1, 0.15) is 24.6 Å². The average Bonchev–Trinajstić information content (AvgIpc) is 3.29. The number of rotatable bonds is 3. The molecule has 1 aromatic heterocycles. The first-order chi connectivity index (χ1) is 10.7. The molecule has 0 saturated heterocycles. The van der Waals surface area contributed by atoms with Crippen LogP contribution >= 0.6 is 0 Å². The first-order valence-electron chi connectivity index (χ1n) is 7.32. The van der Waals surface area contributed by atoms with Crippen molar-refractivity contribution in [3.63, 3.8) is 0 Å². The molecular weight excluding hydrogens is 282 g/mol. The highest BCUT2D eigenvalue weighted by Gasteiger charge is 2.28. The molecule has 3 aromatic rings. The van der Waals surface area contributed by atoms with Gasteiger partial charge in [0.25, 0.3) is 0 Å². The number of H-pyrrole nitrogens is 1. The molecule has 0 unspecified atom stereocenters. The highest BCUT2D eigenvalue weighted by molar-refractivity contribution is 5.78. The molecule has 0 spiro atoms. The van der Waals surface area contributed by atoms with Gasteiger partial charge in [-0.1, -0.05) is 0 Å². The summed E-state index contributed by atoms with van der Waals surface area (Å²) >= 11 is 0. The summed E-state index contributed by atoms with van der Waals surface area (Å²) in [6, 6.07) is 12.6. The molecule has 4 rings (SSSR count). The number of imidazole rings is 1. The third-order valence-electron chi connectivity index (χ3n) is 3.94. The molecule has 2 aromatic carbocycles. The van der Waals surface area contributed by atoms with Crippen molar-refractivity contribution in [1.29, 1.82) is 0 Å². The van der Waals surface area contributed by atoms with Crippen LogP contribution < -0.4 is 0 Å². The van der Waals surface area contributed by atoms with E-state index in [0.717, 1.165) is 41.2 Å². The van der Waals surface area contributed by atoms with E-state index in [0.29, 0.717) is 5.92 Å². The van der Waals surface area contributed by atoms with Crippen molar-refractivity contribution in [3.8, 4) is 22.5 Å². The Hall–Kier alpha value is -2.49. The van der Waals surface area contributed by atoms with Crippen LogP contribution in [0.25, 0.3) is 22.5 Å². The van der Waals surface area contributed by atoms with Gasteiger partial charge < -0.3 is 4.98 Å². The summed E-state index contributed by atoms with van der Waals surface area (Å²) in [6.07, 6.45) is 2.28. The SMILES string of the molecule is Fc1ccc(-c2nc(C3CC3)[nH]c2-c2ccc(F)cc2)cc1. The number of aromatic nitrogens is 2. The third kappa shape index (κ3) is 2.41. The van der Waals surface area contributed by atoms with Gasteiger partial charge >= 0.3 is 0 Å². The van der Waals surface area contributed by atoms with Crippen LogP contribution in [0.4, 0.5) is 8.78 Å². The molecule has 1 aliphatic rings. The van der Waals surface area contributed by atoms with Gasteiger partial charge in [0.05, 0.1) is 11.4 Å². The minimum Gasteiger partial charge on any atom is -0.341 e. The number of nitrogens with one attached hydrogen (secondary N) is 1. The molecule has 0 radical (unpaired) electrons. The maximum absolute atomic E-state index is 13.1. The van der Waals surface area contributed by atoms with Gasteiger partial charge in [0.15, 0.2) is 0 Å². The van der Waals surface area contributed by atoms with Crippen molar-refractivity contribution in [2.75, 3.05) is 0 Å². The molecule has 1 N–H and O–H groups in total. The van der Waals surface area contributed by atoms with Crippen LogP contribution in [0.15, 0.2) is 48.5 Å². The van der Waals surface area contributed by atoms with Crippen molar-refractivity contribution in [2.24, 2.45) is 0 Å². The Kier molecular flexibility index (Phi) is 3.03. The molecule has 110 valence electrons. The van der Waals surface area contributed by atoms with E-state index in [1.54, 1.807) is 24.3 Å². The van der Waals surface area contributed by atoms with E-state index < -0.39 is 0 Å². The van der Waals surface area contributed by atoms with E-state index in [2.05, 4.69) is 4.98 Å². The second kappa shape index (κ2) is 5.05. The lowest BCUT2D eigenvalue weighted by molar-refractivity contribution is 0.627. The smallest absolute Gasteiger partial charge is 0.123 e. The Morgan fingerprint density at radius 3 is 1.91 bits per heavy atom. The zero-order valence-corrected chi connectivity index (χ0v) is 11.8. The van der Waals surface area contributed by atoms with Gasteiger partial charge in [-0.05, 0) is 61.4 Å². The Balaban J connectivity index is 1.85. The standard InChI is InChI=1S/C18H14F2N2/c19-14-7-3-11(4-8-14)16-17(12-5-9-15(20)10-6-12)22-18(21-16)13-1-2-13/h3-10,13H,1-2H2,(H,21,22). The predicted molar refractivity (Wildman–Crippen MR) is 81.4 cm³/mol. The van der Waals surface area contributed by atoms with E-state index in [4.69, 9.17) is 4.98 Å². The van der Waals surface area contributed by atoms with Crippen molar-refractivity contribution in [2.45, 2.75) is 18.8 Å². The van der Waals surface area contributed by atoms with Crippen LogP contribution in [0.2, 0.25) is 0 Å². The predicted octanol–water partition coefficient (Wildman–Crippen LogP) is 4.90. The average molecular weight is 296 g/mol. The second-order valence-corrected chi connectivity index (χ2v) is 5.63. The van der Waals surface area contributed by atoms with E-state index in [9.17, 15) is 8.78 Å². The van der Waals surface area contributed by atoms with Crippen LogP contribution in [-0.4, -0.2) is 9.97 Å². The van der Waals surface area contributed by atoms with Crippen molar-refractivity contribution >= 4 is 0 Å². The Morgan fingerprint density at radius 1 is 0.818 bits per heavy atom. The van der Waals surface area contributed by atoms with Gasteiger partial charge in [-0.15, -0.1) is 0 Å². The summed E-state index contributed by atoms with van der Waals surface area (Å²) in [5.74, 6) is 0.895.